The highest BCUT2D eigenvalue weighted by Crippen LogP contribution is 2.27. The van der Waals surface area contributed by atoms with E-state index < -0.39 is 6.29 Å². The molecule has 0 aromatic rings. The zero-order chi connectivity index (χ0) is 14.3. The molecule has 1 heterocycles. The van der Waals surface area contributed by atoms with Crippen molar-refractivity contribution in [2.45, 2.75) is 59.5 Å². The molecule has 3 unspecified atom stereocenters. The van der Waals surface area contributed by atoms with Gasteiger partial charge in [0, 0.05) is 13.0 Å². The molecule has 3 atom stereocenters. The maximum Gasteiger partial charge on any atom is 0.170 e. The van der Waals surface area contributed by atoms with Crippen LogP contribution in [0.15, 0.2) is 0 Å². The predicted octanol–water partition coefficient (Wildman–Crippen LogP) is 3.00. The fourth-order valence-corrected chi connectivity index (χ4v) is 1.88. The molecule has 1 fully saturated rings. The summed E-state index contributed by atoms with van der Waals surface area (Å²) in [4.78, 5) is 11.0. The maximum atomic E-state index is 11.0. The van der Waals surface area contributed by atoms with Crippen molar-refractivity contribution in [1.29, 1.82) is 0 Å². The molecule has 4 nitrogen and oxygen atoms in total. The standard InChI is InChI=1S/C15H28O4/c1-11(2)5-7-17-14-9-13(10-16)15(19-14)18-8-6-12(3)4/h10-15H,5-9H2,1-4H3. The number of hydrogen-bond donors (Lipinski definition) is 0. The molecule has 0 bridgehead atoms. The molecular weight excluding hydrogens is 244 g/mol. The molecular formula is C15H28O4. The van der Waals surface area contributed by atoms with Gasteiger partial charge < -0.3 is 19.0 Å². The van der Waals surface area contributed by atoms with Gasteiger partial charge in [0.1, 0.15) is 6.29 Å². The second kappa shape index (κ2) is 8.67. The summed E-state index contributed by atoms with van der Waals surface area (Å²) in [6.45, 7) is 9.91. The summed E-state index contributed by atoms with van der Waals surface area (Å²) >= 11 is 0. The van der Waals surface area contributed by atoms with Gasteiger partial charge in [0.2, 0.25) is 0 Å². The summed E-state index contributed by atoms with van der Waals surface area (Å²) in [5.74, 6) is 1.01. The van der Waals surface area contributed by atoms with Gasteiger partial charge in [0.25, 0.3) is 0 Å². The van der Waals surface area contributed by atoms with Gasteiger partial charge in [-0.25, -0.2) is 0 Å². The summed E-state index contributed by atoms with van der Waals surface area (Å²) in [6, 6.07) is 0. The van der Waals surface area contributed by atoms with Crippen LogP contribution in [0.2, 0.25) is 0 Å². The van der Waals surface area contributed by atoms with Crippen molar-refractivity contribution in [3.63, 3.8) is 0 Å². The van der Waals surface area contributed by atoms with Crippen LogP contribution in [0.1, 0.15) is 47.0 Å². The molecule has 1 saturated heterocycles. The van der Waals surface area contributed by atoms with Crippen LogP contribution in [-0.2, 0) is 19.0 Å². The molecule has 0 aromatic heterocycles. The molecule has 0 amide bonds. The fraction of sp³-hybridized carbons (Fsp3) is 0.933. The minimum atomic E-state index is -0.430. The number of aldehydes is 1. The molecule has 0 saturated carbocycles. The Labute approximate surface area is 116 Å². The van der Waals surface area contributed by atoms with Crippen LogP contribution in [0.4, 0.5) is 0 Å². The lowest BCUT2D eigenvalue weighted by atomic mass is 10.1. The Kier molecular flexibility index (Phi) is 7.57. The van der Waals surface area contributed by atoms with Crippen LogP contribution in [0, 0.1) is 17.8 Å². The molecule has 0 aromatic carbocycles. The van der Waals surface area contributed by atoms with Crippen molar-refractivity contribution >= 4 is 6.29 Å². The molecule has 0 aliphatic carbocycles. The normalized spacial score (nSPS) is 27.4. The first-order valence-corrected chi connectivity index (χ1v) is 7.36. The van der Waals surface area contributed by atoms with Crippen molar-refractivity contribution in [1.82, 2.24) is 0 Å². The first-order chi connectivity index (χ1) is 9.02. The Bertz CT molecular complexity index is 253. The predicted molar refractivity (Wildman–Crippen MR) is 73.6 cm³/mol. The van der Waals surface area contributed by atoms with E-state index in [1.54, 1.807) is 0 Å². The number of ether oxygens (including phenoxy) is 3. The van der Waals surface area contributed by atoms with E-state index in [2.05, 4.69) is 27.7 Å². The second-order valence-electron chi connectivity index (χ2n) is 6.08. The third-order valence-corrected chi connectivity index (χ3v) is 3.25. The Morgan fingerprint density at radius 3 is 2.21 bits per heavy atom. The van der Waals surface area contributed by atoms with Gasteiger partial charge in [-0.05, 0) is 24.7 Å². The maximum absolute atomic E-state index is 11.0. The lowest BCUT2D eigenvalue weighted by molar-refractivity contribution is -0.211. The van der Waals surface area contributed by atoms with Crippen LogP contribution < -0.4 is 0 Å². The van der Waals surface area contributed by atoms with Gasteiger partial charge in [-0.15, -0.1) is 0 Å². The van der Waals surface area contributed by atoms with Crippen LogP contribution in [-0.4, -0.2) is 32.1 Å². The molecule has 1 aliphatic heterocycles. The van der Waals surface area contributed by atoms with Gasteiger partial charge >= 0.3 is 0 Å². The van der Waals surface area contributed by atoms with E-state index in [0.29, 0.717) is 31.5 Å². The van der Waals surface area contributed by atoms with E-state index in [4.69, 9.17) is 14.2 Å². The monoisotopic (exact) mass is 272 g/mol. The van der Waals surface area contributed by atoms with Gasteiger partial charge in [-0.2, -0.15) is 0 Å². The van der Waals surface area contributed by atoms with Crippen LogP contribution in [0.3, 0.4) is 0 Å². The van der Waals surface area contributed by atoms with Crippen LogP contribution in [0.5, 0.6) is 0 Å². The molecule has 1 aliphatic rings. The minimum Gasteiger partial charge on any atom is -0.353 e. The summed E-state index contributed by atoms with van der Waals surface area (Å²) in [7, 11) is 0. The molecule has 19 heavy (non-hydrogen) atoms. The van der Waals surface area contributed by atoms with Crippen molar-refractivity contribution in [2.75, 3.05) is 13.2 Å². The molecule has 112 valence electrons. The van der Waals surface area contributed by atoms with Crippen LogP contribution in [0.25, 0.3) is 0 Å². The molecule has 0 N–H and O–H groups in total. The Morgan fingerprint density at radius 2 is 1.68 bits per heavy atom. The first-order valence-electron chi connectivity index (χ1n) is 7.36. The molecule has 1 rings (SSSR count). The topological polar surface area (TPSA) is 44.8 Å². The summed E-state index contributed by atoms with van der Waals surface area (Å²) in [5, 5.41) is 0. The minimum absolute atomic E-state index is 0.198. The number of rotatable bonds is 9. The van der Waals surface area contributed by atoms with E-state index in [1.165, 1.54) is 0 Å². The third-order valence-electron chi connectivity index (χ3n) is 3.25. The quantitative estimate of drug-likeness (QED) is 0.605. The average molecular weight is 272 g/mol. The molecule has 0 spiro atoms. The van der Waals surface area contributed by atoms with Crippen LogP contribution >= 0.6 is 0 Å². The number of carbonyl (C=O) groups is 1. The Balaban J connectivity index is 2.27. The lowest BCUT2D eigenvalue weighted by Gasteiger charge is -2.17. The highest BCUT2D eigenvalue weighted by atomic mass is 16.8. The SMILES string of the molecule is CC(C)CCOC1CC(C=O)C(OCCC(C)C)O1. The van der Waals surface area contributed by atoms with Crippen molar-refractivity contribution in [3.05, 3.63) is 0 Å². The highest BCUT2D eigenvalue weighted by molar-refractivity contribution is 5.54. The summed E-state index contributed by atoms with van der Waals surface area (Å²) in [6.07, 6.45) is 2.78. The van der Waals surface area contributed by atoms with E-state index in [9.17, 15) is 4.79 Å². The largest absolute Gasteiger partial charge is 0.353 e. The van der Waals surface area contributed by atoms with Crippen molar-refractivity contribution < 1.29 is 19.0 Å². The van der Waals surface area contributed by atoms with Gasteiger partial charge in [-0.1, -0.05) is 27.7 Å². The van der Waals surface area contributed by atoms with Gasteiger partial charge in [0.05, 0.1) is 12.5 Å². The summed E-state index contributed by atoms with van der Waals surface area (Å²) in [5.41, 5.74) is 0. The van der Waals surface area contributed by atoms with E-state index in [-0.39, 0.29) is 12.2 Å². The summed E-state index contributed by atoms with van der Waals surface area (Å²) < 4.78 is 16.9. The molecule has 4 heteroatoms. The Hall–Kier alpha value is -0.450. The number of hydrogen-bond acceptors (Lipinski definition) is 4. The molecule has 0 radical (unpaired) electrons. The average Bonchev–Trinajstić information content (AvgIpc) is 2.70. The smallest absolute Gasteiger partial charge is 0.170 e. The van der Waals surface area contributed by atoms with Gasteiger partial charge in [0.15, 0.2) is 12.6 Å². The Morgan fingerprint density at radius 1 is 1.11 bits per heavy atom. The third kappa shape index (κ3) is 6.50. The van der Waals surface area contributed by atoms with E-state index >= 15 is 0 Å². The van der Waals surface area contributed by atoms with Crippen molar-refractivity contribution in [2.24, 2.45) is 17.8 Å². The fourth-order valence-electron chi connectivity index (χ4n) is 1.88. The van der Waals surface area contributed by atoms with E-state index in [0.717, 1.165) is 19.1 Å². The first kappa shape index (κ1) is 16.6. The second-order valence-corrected chi connectivity index (χ2v) is 6.08. The van der Waals surface area contributed by atoms with Crippen molar-refractivity contribution in [3.8, 4) is 0 Å². The lowest BCUT2D eigenvalue weighted by Crippen LogP contribution is -2.22. The van der Waals surface area contributed by atoms with Gasteiger partial charge in [-0.3, -0.25) is 0 Å². The highest BCUT2D eigenvalue weighted by Gasteiger charge is 2.36. The zero-order valence-electron chi connectivity index (χ0n) is 12.6. The number of carbonyl (C=O) groups excluding carboxylic acids is 1. The zero-order valence-corrected chi connectivity index (χ0v) is 12.6. The van der Waals surface area contributed by atoms with E-state index in [1.807, 2.05) is 0 Å².